The minimum atomic E-state index is -4.47. The molecule has 30 heavy (non-hydrogen) atoms. The van der Waals surface area contributed by atoms with Gasteiger partial charge in [-0.3, -0.25) is 4.79 Å². The number of amides is 1. The topological polar surface area (TPSA) is 69.7 Å². The van der Waals surface area contributed by atoms with E-state index in [0.29, 0.717) is 22.7 Å². The summed E-state index contributed by atoms with van der Waals surface area (Å²) in [5.74, 6) is 0.585. The number of alkyl halides is 3. The molecule has 3 aromatic rings. The van der Waals surface area contributed by atoms with E-state index in [4.69, 9.17) is 14.2 Å². The Morgan fingerprint density at radius 1 is 0.967 bits per heavy atom. The van der Waals surface area contributed by atoms with E-state index < -0.39 is 17.6 Å². The molecule has 9 heteroatoms. The zero-order valence-electron chi connectivity index (χ0n) is 16.0. The Morgan fingerprint density at radius 2 is 1.73 bits per heavy atom. The van der Waals surface area contributed by atoms with Crippen molar-refractivity contribution >= 4 is 11.6 Å². The Kier molecular flexibility index (Phi) is 6.10. The van der Waals surface area contributed by atoms with E-state index in [1.54, 1.807) is 12.1 Å². The first kappa shape index (κ1) is 21.0. The normalized spacial score (nSPS) is 11.0. The molecule has 0 bridgehead atoms. The van der Waals surface area contributed by atoms with Crippen molar-refractivity contribution in [1.82, 2.24) is 4.98 Å². The molecule has 0 unspecified atom stereocenters. The van der Waals surface area contributed by atoms with Gasteiger partial charge in [-0.15, -0.1) is 0 Å². The fraction of sp³-hybridized carbons (Fsp3) is 0.143. The summed E-state index contributed by atoms with van der Waals surface area (Å²) in [6.45, 7) is 0. The van der Waals surface area contributed by atoms with Gasteiger partial charge in [-0.25, -0.2) is 4.98 Å². The van der Waals surface area contributed by atoms with E-state index >= 15 is 0 Å². The summed E-state index contributed by atoms with van der Waals surface area (Å²) in [5, 5.41) is 2.66. The van der Waals surface area contributed by atoms with E-state index in [1.165, 1.54) is 50.7 Å². The number of nitrogens with one attached hydrogen (secondary N) is 1. The second kappa shape index (κ2) is 8.73. The van der Waals surface area contributed by atoms with Crippen LogP contribution < -0.4 is 19.5 Å². The molecule has 0 spiro atoms. The summed E-state index contributed by atoms with van der Waals surface area (Å²) in [5.41, 5.74) is -0.0954. The van der Waals surface area contributed by atoms with E-state index in [0.717, 1.165) is 12.1 Å². The fourth-order valence-electron chi connectivity index (χ4n) is 2.55. The number of hydrogen-bond donors (Lipinski definition) is 1. The van der Waals surface area contributed by atoms with Crippen molar-refractivity contribution in [1.29, 1.82) is 0 Å². The van der Waals surface area contributed by atoms with Crippen molar-refractivity contribution in [2.75, 3.05) is 19.5 Å². The van der Waals surface area contributed by atoms with Gasteiger partial charge < -0.3 is 19.5 Å². The molecule has 0 saturated carbocycles. The summed E-state index contributed by atoms with van der Waals surface area (Å²) in [6.07, 6.45) is -3.13. The van der Waals surface area contributed by atoms with Gasteiger partial charge in [-0.2, -0.15) is 13.2 Å². The van der Waals surface area contributed by atoms with Crippen LogP contribution in [0.15, 0.2) is 60.8 Å². The largest absolute Gasteiger partial charge is 0.493 e. The van der Waals surface area contributed by atoms with Gasteiger partial charge in [0.05, 0.1) is 31.7 Å². The van der Waals surface area contributed by atoms with Crippen molar-refractivity contribution in [2.24, 2.45) is 0 Å². The Labute approximate surface area is 170 Å². The van der Waals surface area contributed by atoms with Crippen LogP contribution in [0.2, 0.25) is 0 Å². The molecule has 156 valence electrons. The third-order valence-electron chi connectivity index (χ3n) is 4.02. The van der Waals surface area contributed by atoms with Gasteiger partial charge in [0.25, 0.3) is 5.91 Å². The van der Waals surface area contributed by atoms with Crippen molar-refractivity contribution < 1.29 is 32.2 Å². The van der Waals surface area contributed by atoms with Crippen LogP contribution in [0.5, 0.6) is 23.1 Å². The summed E-state index contributed by atoms with van der Waals surface area (Å²) < 4.78 is 54.0. The number of carbonyl (C=O) groups excluding carboxylic acids is 1. The number of benzene rings is 2. The van der Waals surface area contributed by atoms with Gasteiger partial charge in [-0.1, -0.05) is 6.07 Å². The van der Waals surface area contributed by atoms with Crippen LogP contribution in [0.4, 0.5) is 18.9 Å². The maximum Gasteiger partial charge on any atom is 0.416 e. The molecule has 1 aromatic heterocycles. The standard InChI is InChI=1S/C21H17F3N2O4/c1-28-17-8-6-13(10-18(17)29-2)20(27)26-15-7-9-19(25-12-15)30-16-5-3-4-14(11-16)21(22,23)24/h3-12H,1-2H3,(H,26,27). The number of anilines is 1. The Bertz CT molecular complexity index is 1040. The molecule has 0 saturated heterocycles. The van der Waals surface area contributed by atoms with E-state index in [9.17, 15) is 18.0 Å². The number of nitrogens with zero attached hydrogens (tertiary/aromatic N) is 1. The summed E-state index contributed by atoms with van der Waals surface area (Å²) in [6, 6.07) is 12.2. The first-order chi connectivity index (χ1) is 14.3. The number of hydrogen-bond acceptors (Lipinski definition) is 5. The first-order valence-corrected chi connectivity index (χ1v) is 8.64. The minimum absolute atomic E-state index is 0.000520. The van der Waals surface area contributed by atoms with Crippen LogP contribution in [0.3, 0.4) is 0 Å². The smallest absolute Gasteiger partial charge is 0.416 e. The molecule has 0 aliphatic carbocycles. The second-order valence-electron chi connectivity index (χ2n) is 6.04. The van der Waals surface area contributed by atoms with Gasteiger partial charge in [0.1, 0.15) is 5.75 Å². The van der Waals surface area contributed by atoms with Crippen molar-refractivity contribution in [2.45, 2.75) is 6.18 Å². The van der Waals surface area contributed by atoms with Crippen LogP contribution in [-0.4, -0.2) is 25.1 Å². The number of methoxy groups -OCH3 is 2. The van der Waals surface area contributed by atoms with Crippen molar-refractivity contribution in [3.63, 3.8) is 0 Å². The zero-order valence-corrected chi connectivity index (χ0v) is 16.0. The van der Waals surface area contributed by atoms with Gasteiger partial charge in [0, 0.05) is 11.6 Å². The van der Waals surface area contributed by atoms with E-state index in [-0.39, 0.29) is 11.6 Å². The van der Waals surface area contributed by atoms with Crippen LogP contribution in [0.25, 0.3) is 0 Å². The van der Waals surface area contributed by atoms with E-state index in [2.05, 4.69) is 10.3 Å². The summed E-state index contributed by atoms with van der Waals surface area (Å²) in [7, 11) is 2.96. The highest BCUT2D eigenvalue weighted by Gasteiger charge is 2.30. The molecule has 6 nitrogen and oxygen atoms in total. The number of pyridine rings is 1. The summed E-state index contributed by atoms with van der Waals surface area (Å²) >= 11 is 0. The molecular formula is C21H17F3N2O4. The lowest BCUT2D eigenvalue weighted by molar-refractivity contribution is -0.137. The quantitative estimate of drug-likeness (QED) is 0.599. The molecule has 3 rings (SSSR count). The number of rotatable bonds is 6. The molecule has 1 N–H and O–H groups in total. The van der Waals surface area contributed by atoms with Crippen LogP contribution >= 0.6 is 0 Å². The predicted molar refractivity (Wildman–Crippen MR) is 103 cm³/mol. The Morgan fingerprint density at radius 3 is 2.37 bits per heavy atom. The predicted octanol–water partition coefficient (Wildman–Crippen LogP) is 5.16. The zero-order chi connectivity index (χ0) is 21.7. The van der Waals surface area contributed by atoms with Crippen molar-refractivity contribution in [3.05, 3.63) is 71.9 Å². The highest BCUT2D eigenvalue weighted by atomic mass is 19.4. The average Bonchev–Trinajstić information content (AvgIpc) is 2.74. The molecular weight excluding hydrogens is 401 g/mol. The van der Waals surface area contributed by atoms with Crippen LogP contribution in [0.1, 0.15) is 15.9 Å². The number of carbonyl (C=O) groups is 1. The molecule has 0 radical (unpaired) electrons. The minimum Gasteiger partial charge on any atom is -0.493 e. The lowest BCUT2D eigenvalue weighted by Crippen LogP contribution is -2.12. The molecule has 0 atom stereocenters. The van der Waals surface area contributed by atoms with Crippen LogP contribution in [0, 0.1) is 0 Å². The van der Waals surface area contributed by atoms with Gasteiger partial charge in [0.2, 0.25) is 5.88 Å². The molecule has 2 aromatic carbocycles. The Balaban J connectivity index is 1.68. The molecule has 0 aliphatic rings. The highest BCUT2D eigenvalue weighted by Crippen LogP contribution is 2.32. The lowest BCUT2D eigenvalue weighted by Gasteiger charge is -2.11. The second-order valence-corrected chi connectivity index (χ2v) is 6.04. The average molecular weight is 418 g/mol. The maximum absolute atomic E-state index is 12.8. The SMILES string of the molecule is COc1ccc(C(=O)Nc2ccc(Oc3cccc(C(F)(F)F)c3)nc2)cc1OC. The third kappa shape index (κ3) is 4.99. The summed E-state index contributed by atoms with van der Waals surface area (Å²) in [4.78, 5) is 16.4. The van der Waals surface area contributed by atoms with Gasteiger partial charge >= 0.3 is 6.18 Å². The number of halogens is 3. The maximum atomic E-state index is 12.8. The first-order valence-electron chi connectivity index (χ1n) is 8.64. The number of ether oxygens (including phenoxy) is 3. The fourth-order valence-corrected chi connectivity index (χ4v) is 2.55. The molecule has 0 fully saturated rings. The highest BCUT2D eigenvalue weighted by molar-refractivity contribution is 6.04. The molecule has 1 heterocycles. The van der Waals surface area contributed by atoms with Gasteiger partial charge in [0.15, 0.2) is 11.5 Å². The monoisotopic (exact) mass is 418 g/mol. The Hall–Kier alpha value is -3.75. The third-order valence-corrected chi connectivity index (χ3v) is 4.02. The van der Waals surface area contributed by atoms with E-state index in [1.807, 2.05) is 0 Å². The van der Waals surface area contributed by atoms with Crippen LogP contribution in [-0.2, 0) is 6.18 Å². The lowest BCUT2D eigenvalue weighted by atomic mass is 10.2. The van der Waals surface area contributed by atoms with Crippen molar-refractivity contribution in [3.8, 4) is 23.1 Å². The molecule has 1 amide bonds. The van der Waals surface area contributed by atoms with Gasteiger partial charge in [-0.05, 0) is 42.5 Å². The molecule has 0 aliphatic heterocycles. The number of aromatic nitrogens is 1.